The molecule has 0 unspecified atom stereocenters. The highest BCUT2D eigenvalue weighted by molar-refractivity contribution is 5.68. The maximum absolute atomic E-state index is 10.9. The van der Waals surface area contributed by atoms with E-state index in [0.29, 0.717) is 0 Å². The van der Waals surface area contributed by atoms with Crippen LogP contribution < -0.4 is 16.2 Å². The first-order valence-corrected chi connectivity index (χ1v) is 5.05. The van der Waals surface area contributed by atoms with Crippen molar-refractivity contribution in [2.75, 3.05) is 17.8 Å². The number of hydrogen-bond donors (Lipinski definition) is 3. The fraction of sp³-hybridized carbons (Fsp3) is 0.556. The smallest absolute Gasteiger partial charge is 0.354 e. The van der Waals surface area contributed by atoms with Crippen molar-refractivity contribution in [3.8, 4) is 0 Å². The van der Waals surface area contributed by atoms with Gasteiger partial charge >= 0.3 is 5.69 Å². The summed E-state index contributed by atoms with van der Waals surface area (Å²) in [5.41, 5.74) is 5.21. The maximum atomic E-state index is 10.9. The van der Waals surface area contributed by atoms with E-state index in [9.17, 15) is 10.1 Å². The van der Waals surface area contributed by atoms with E-state index in [1.165, 1.54) is 6.33 Å². The zero-order valence-corrected chi connectivity index (χ0v) is 10.2. The lowest BCUT2D eigenvalue weighted by atomic mass is 10.1. The Balaban J connectivity index is 3.02. The highest BCUT2D eigenvalue weighted by Gasteiger charge is 2.22. The molecule has 0 aliphatic rings. The first kappa shape index (κ1) is 13.1. The minimum atomic E-state index is -0.529. The molecule has 0 bridgehead atoms. The normalized spacial score (nSPS) is 11.1. The molecular formula is C9H16N6O2. The second kappa shape index (κ2) is 4.91. The van der Waals surface area contributed by atoms with E-state index in [1.54, 1.807) is 7.05 Å². The number of nitrogens with one attached hydrogen (secondary N) is 3. The molecule has 0 aromatic carbocycles. The van der Waals surface area contributed by atoms with Crippen LogP contribution in [0.4, 0.5) is 17.3 Å². The highest BCUT2D eigenvalue weighted by Crippen LogP contribution is 2.27. The third-order valence-corrected chi connectivity index (χ3v) is 1.80. The van der Waals surface area contributed by atoms with Gasteiger partial charge in [0.05, 0.1) is 4.92 Å². The summed E-state index contributed by atoms with van der Waals surface area (Å²) >= 11 is 0. The number of hydrogen-bond acceptors (Lipinski definition) is 7. The van der Waals surface area contributed by atoms with E-state index in [0.717, 1.165) is 0 Å². The number of anilines is 2. The fourth-order valence-corrected chi connectivity index (χ4v) is 1.07. The van der Waals surface area contributed by atoms with Crippen molar-refractivity contribution in [1.29, 1.82) is 0 Å². The van der Waals surface area contributed by atoms with Crippen molar-refractivity contribution in [1.82, 2.24) is 15.4 Å². The highest BCUT2D eigenvalue weighted by atomic mass is 16.6. The lowest BCUT2D eigenvalue weighted by Gasteiger charge is -2.21. The van der Waals surface area contributed by atoms with Crippen LogP contribution in [-0.4, -0.2) is 27.5 Å². The molecule has 0 amide bonds. The molecule has 3 N–H and O–H groups in total. The molecule has 0 atom stereocenters. The molecule has 0 saturated carbocycles. The molecule has 1 rings (SSSR count). The summed E-state index contributed by atoms with van der Waals surface area (Å²) in [6, 6.07) is 0. The van der Waals surface area contributed by atoms with Crippen LogP contribution in [0.3, 0.4) is 0 Å². The Kier molecular flexibility index (Phi) is 3.79. The van der Waals surface area contributed by atoms with E-state index < -0.39 is 4.92 Å². The number of nitro groups is 1. The van der Waals surface area contributed by atoms with Crippen molar-refractivity contribution >= 4 is 17.3 Å². The number of hydrazine groups is 1. The number of nitrogens with zero attached hydrogens (tertiary/aromatic N) is 3. The van der Waals surface area contributed by atoms with Crippen LogP contribution in [0.1, 0.15) is 20.8 Å². The average molecular weight is 240 g/mol. The van der Waals surface area contributed by atoms with Crippen LogP contribution in [0, 0.1) is 10.1 Å². The van der Waals surface area contributed by atoms with Gasteiger partial charge in [-0.2, -0.15) is 0 Å². The summed E-state index contributed by atoms with van der Waals surface area (Å²) in [6.45, 7) is 5.77. The van der Waals surface area contributed by atoms with Crippen LogP contribution in [0.5, 0.6) is 0 Å². The Morgan fingerprint density at radius 1 is 1.29 bits per heavy atom. The largest absolute Gasteiger partial charge is 0.367 e. The van der Waals surface area contributed by atoms with Gasteiger partial charge in [0.15, 0.2) is 0 Å². The summed E-state index contributed by atoms with van der Waals surface area (Å²) in [5, 5.41) is 13.6. The first-order chi connectivity index (χ1) is 7.85. The van der Waals surface area contributed by atoms with E-state index in [1.807, 2.05) is 20.8 Å². The molecule has 0 spiro atoms. The number of aromatic nitrogens is 2. The quantitative estimate of drug-likeness (QED) is 0.535. The fourth-order valence-electron chi connectivity index (χ4n) is 1.07. The molecule has 0 aliphatic carbocycles. The summed E-state index contributed by atoms with van der Waals surface area (Å²) in [6.07, 6.45) is 1.26. The minimum absolute atomic E-state index is 0.129. The topological polar surface area (TPSA) is 105 Å². The van der Waals surface area contributed by atoms with Crippen LogP contribution in [-0.2, 0) is 0 Å². The lowest BCUT2D eigenvalue weighted by Crippen LogP contribution is -2.40. The molecule has 1 heterocycles. The molecule has 17 heavy (non-hydrogen) atoms. The van der Waals surface area contributed by atoms with Crippen molar-refractivity contribution in [2.45, 2.75) is 26.3 Å². The lowest BCUT2D eigenvalue weighted by molar-refractivity contribution is -0.383. The van der Waals surface area contributed by atoms with E-state index in [4.69, 9.17) is 0 Å². The molecule has 94 valence electrons. The zero-order valence-electron chi connectivity index (χ0n) is 10.2. The Hall–Kier alpha value is -1.96. The van der Waals surface area contributed by atoms with Crippen molar-refractivity contribution in [3.63, 3.8) is 0 Å². The molecule has 0 radical (unpaired) electrons. The monoisotopic (exact) mass is 240 g/mol. The summed E-state index contributed by atoms with van der Waals surface area (Å²) in [7, 11) is 1.57. The molecule has 0 saturated heterocycles. The zero-order chi connectivity index (χ0) is 13.1. The van der Waals surface area contributed by atoms with E-state index in [-0.39, 0.29) is 22.9 Å². The summed E-state index contributed by atoms with van der Waals surface area (Å²) in [5.74, 6) is 0.299. The molecule has 8 heteroatoms. The van der Waals surface area contributed by atoms with Gasteiger partial charge in [-0.25, -0.2) is 15.4 Å². The second-order valence-electron chi connectivity index (χ2n) is 4.43. The first-order valence-electron chi connectivity index (χ1n) is 5.05. The van der Waals surface area contributed by atoms with Gasteiger partial charge in [0.25, 0.3) is 0 Å². The van der Waals surface area contributed by atoms with Gasteiger partial charge in [0.2, 0.25) is 11.6 Å². The van der Waals surface area contributed by atoms with Gasteiger partial charge < -0.3 is 5.32 Å². The Morgan fingerprint density at radius 3 is 2.35 bits per heavy atom. The molecule has 1 aromatic heterocycles. The summed E-state index contributed by atoms with van der Waals surface area (Å²) < 4.78 is 0. The van der Waals surface area contributed by atoms with Gasteiger partial charge in [0.1, 0.15) is 6.33 Å². The van der Waals surface area contributed by atoms with Crippen molar-refractivity contribution < 1.29 is 4.92 Å². The number of rotatable bonds is 4. The third-order valence-electron chi connectivity index (χ3n) is 1.80. The molecule has 0 fully saturated rings. The van der Waals surface area contributed by atoms with Crippen LogP contribution in [0.25, 0.3) is 0 Å². The Labute approximate surface area is 99.0 Å². The second-order valence-corrected chi connectivity index (χ2v) is 4.43. The van der Waals surface area contributed by atoms with Gasteiger partial charge in [-0.3, -0.25) is 15.5 Å². The van der Waals surface area contributed by atoms with Gasteiger partial charge in [-0.05, 0) is 20.8 Å². The molecular weight excluding hydrogens is 224 g/mol. The predicted molar refractivity (Wildman–Crippen MR) is 64.7 cm³/mol. The van der Waals surface area contributed by atoms with Crippen LogP contribution >= 0.6 is 0 Å². The SMILES string of the molecule is CNc1ncnc(NNC(C)(C)C)c1[N+](=O)[O-]. The molecule has 0 aliphatic heterocycles. The Bertz CT molecular complexity index is 414. The van der Waals surface area contributed by atoms with Gasteiger partial charge in [-0.1, -0.05) is 0 Å². The summed E-state index contributed by atoms with van der Waals surface area (Å²) in [4.78, 5) is 18.1. The minimum Gasteiger partial charge on any atom is -0.367 e. The standard InChI is InChI=1S/C9H16N6O2/c1-9(2,3)14-13-8-6(15(16)17)7(10-4)11-5-12-8/h5,14H,1-4H3,(H2,10,11,12,13). The Morgan fingerprint density at radius 2 is 1.88 bits per heavy atom. The van der Waals surface area contributed by atoms with E-state index >= 15 is 0 Å². The van der Waals surface area contributed by atoms with Crippen molar-refractivity contribution in [3.05, 3.63) is 16.4 Å². The average Bonchev–Trinajstić information content (AvgIpc) is 2.24. The molecule has 8 nitrogen and oxygen atoms in total. The van der Waals surface area contributed by atoms with E-state index in [2.05, 4.69) is 26.1 Å². The molecule has 1 aromatic rings. The van der Waals surface area contributed by atoms with Crippen LogP contribution in [0.15, 0.2) is 6.33 Å². The van der Waals surface area contributed by atoms with Gasteiger partial charge in [-0.15, -0.1) is 0 Å². The third kappa shape index (κ3) is 3.52. The van der Waals surface area contributed by atoms with Crippen molar-refractivity contribution in [2.24, 2.45) is 0 Å². The maximum Gasteiger partial charge on any atom is 0.354 e. The predicted octanol–water partition coefficient (Wildman–Crippen LogP) is 1.14. The van der Waals surface area contributed by atoms with Crippen LogP contribution in [0.2, 0.25) is 0 Å². The van der Waals surface area contributed by atoms with Gasteiger partial charge in [0, 0.05) is 12.6 Å².